The molecule has 5 nitrogen and oxygen atoms in total. The second-order valence-corrected chi connectivity index (χ2v) is 15.1. The average molecular weight is 615 g/mol. The van der Waals surface area contributed by atoms with Gasteiger partial charge in [0.15, 0.2) is 11.5 Å². The summed E-state index contributed by atoms with van der Waals surface area (Å²) in [6, 6.07) is 0. The Kier molecular flexibility index (Phi) is 26.7. The van der Waals surface area contributed by atoms with Crippen molar-refractivity contribution >= 4 is 11.6 Å². The highest BCUT2D eigenvalue weighted by atomic mass is 16.5. The Bertz CT molecular complexity index is 746. The molecule has 3 N–H and O–H groups in total. The van der Waals surface area contributed by atoms with Gasteiger partial charge in [0.05, 0.1) is 6.61 Å². The molecule has 5 heteroatoms. The molecule has 1 fully saturated rings. The first-order valence-corrected chi connectivity index (χ1v) is 16.8. The molecule has 0 radical (unpaired) electrons. The van der Waals surface area contributed by atoms with Crippen LogP contribution >= 0.6 is 0 Å². The molecule has 0 amide bonds. The lowest BCUT2D eigenvalue weighted by Gasteiger charge is -2.40. The van der Waals surface area contributed by atoms with Gasteiger partial charge in [-0.3, -0.25) is 15.3 Å². The number of rotatable bonds is 13. The quantitative estimate of drug-likeness (QED) is 0.202. The van der Waals surface area contributed by atoms with Crippen LogP contribution in [0.3, 0.4) is 0 Å². The maximum absolute atomic E-state index is 13.2. The van der Waals surface area contributed by atoms with Crippen LogP contribution in [0.5, 0.6) is 0 Å². The molecule has 0 aromatic carbocycles. The maximum atomic E-state index is 13.2. The zero-order chi connectivity index (χ0) is 34.8. The van der Waals surface area contributed by atoms with Gasteiger partial charge in [-0.25, -0.2) is 0 Å². The Morgan fingerprint density at radius 2 is 1.07 bits per heavy atom. The Morgan fingerprint density at radius 1 is 0.698 bits per heavy atom. The standard InChI is InChI=1S/C27H52N2O3.C4H8.3C2H6.CH4/c1-19(23(6,7)17-22(3,4)5)29-26(12,13)15-16-32-27(14,28)21(31)25(10,11)18-24(8,9)20(2)30;1-2-4-3-1;3*1-2;/h29H,1,15-18,28H2,2-14H3;1-4H2;3*1-2H3;1H4. The molecule has 43 heavy (non-hydrogen) atoms. The van der Waals surface area contributed by atoms with Gasteiger partial charge in [0.25, 0.3) is 0 Å². The van der Waals surface area contributed by atoms with Crippen molar-refractivity contribution in [1.29, 1.82) is 0 Å². The molecule has 1 saturated carbocycles. The van der Waals surface area contributed by atoms with Crippen LogP contribution in [-0.4, -0.2) is 29.4 Å². The molecule has 0 aromatic rings. The number of ether oxygens (including phenoxy) is 1. The van der Waals surface area contributed by atoms with Crippen molar-refractivity contribution in [3.05, 3.63) is 12.3 Å². The van der Waals surface area contributed by atoms with Crippen molar-refractivity contribution in [2.45, 2.75) is 195 Å². The predicted octanol–water partition coefficient (Wildman–Crippen LogP) is 11.3. The predicted molar refractivity (Wildman–Crippen MR) is 194 cm³/mol. The normalized spacial score (nSPS) is 14.4. The van der Waals surface area contributed by atoms with E-state index in [1.54, 1.807) is 13.8 Å². The molecule has 0 aromatic heterocycles. The van der Waals surface area contributed by atoms with Gasteiger partial charge in [-0.2, -0.15) is 0 Å². The summed E-state index contributed by atoms with van der Waals surface area (Å²) in [5.74, 6) is -0.138. The average Bonchev–Trinajstić information content (AvgIpc) is 2.78. The molecule has 262 valence electrons. The van der Waals surface area contributed by atoms with E-state index >= 15 is 0 Å². The summed E-state index contributed by atoms with van der Waals surface area (Å²) >= 11 is 0. The lowest BCUT2D eigenvalue weighted by molar-refractivity contribution is -0.154. The third-order valence-corrected chi connectivity index (χ3v) is 7.31. The van der Waals surface area contributed by atoms with E-state index in [0.29, 0.717) is 19.4 Å². The minimum atomic E-state index is -1.42. The highest BCUT2D eigenvalue weighted by Crippen LogP contribution is 2.39. The summed E-state index contributed by atoms with van der Waals surface area (Å²) in [6.07, 6.45) is 8.09. The van der Waals surface area contributed by atoms with Gasteiger partial charge in [0, 0.05) is 27.5 Å². The first-order chi connectivity index (χ1) is 18.8. The van der Waals surface area contributed by atoms with Crippen LogP contribution in [-0.2, 0) is 14.3 Å². The number of ketones is 2. The number of Topliss-reactive ketones (excluding diaryl/α,β-unsaturated/α-hetero) is 2. The van der Waals surface area contributed by atoms with Gasteiger partial charge in [0.2, 0.25) is 0 Å². The van der Waals surface area contributed by atoms with Crippen molar-refractivity contribution in [1.82, 2.24) is 5.32 Å². The highest BCUT2D eigenvalue weighted by molar-refractivity contribution is 5.92. The van der Waals surface area contributed by atoms with Gasteiger partial charge in [-0.1, -0.05) is 144 Å². The summed E-state index contributed by atoms with van der Waals surface area (Å²) in [5.41, 5.74) is 4.40. The summed E-state index contributed by atoms with van der Waals surface area (Å²) in [5, 5.41) is 3.57. The number of nitrogens with two attached hydrogens (primary N) is 1. The minimum absolute atomic E-state index is 0. The third-order valence-electron chi connectivity index (χ3n) is 7.31. The smallest absolute Gasteiger partial charge is 0.184 e. The van der Waals surface area contributed by atoms with Crippen LogP contribution in [0.4, 0.5) is 0 Å². The number of allylic oxidation sites excluding steroid dienone is 1. The van der Waals surface area contributed by atoms with Gasteiger partial charge in [0.1, 0.15) is 5.78 Å². The monoisotopic (exact) mass is 615 g/mol. The molecule has 1 unspecified atom stereocenters. The first kappa shape index (κ1) is 51.4. The number of carbonyl (C=O) groups excluding carboxylic acids is 2. The molecule has 0 heterocycles. The van der Waals surface area contributed by atoms with E-state index in [1.807, 2.05) is 69.2 Å². The first-order valence-electron chi connectivity index (χ1n) is 16.8. The van der Waals surface area contributed by atoms with Crippen LogP contribution < -0.4 is 11.1 Å². The van der Waals surface area contributed by atoms with Crippen LogP contribution in [0.1, 0.15) is 184 Å². The lowest BCUT2D eigenvalue weighted by Crippen LogP contribution is -2.55. The molecule has 0 saturated heterocycles. The van der Waals surface area contributed by atoms with Gasteiger partial charge >= 0.3 is 0 Å². The molecule has 0 aliphatic heterocycles. The number of nitrogens with one attached hydrogen (secondary N) is 1. The molecular weight excluding hydrogens is 532 g/mol. The molecule has 1 aliphatic carbocycles. The molecular formula is C38H82N2O3. The fourth-order valence-electron chi connectivity index (χ4n) is 4.89. The fraction of sp³-hybridized carbons (Fsp3) is 0.895. The third kappa shape index (κ3) is 22.9. The van der Waals surface area contributed by atoms with E-state index in [-0.39, 0.29) is 35.4 Å². The number of carbonyl (C=O) groups is 2. The second kappa shape index (κ2) is 22.3. The fourth-order valence-corrected chi connectivity index (χ4v) is 4.89. The van der Waals surface area contributed by atoms with Crippen LogP contribution in [0.15, 0.2) is 12.3 Å². The second-order valence-electron chi connectivity index (χ2n) is 15.1. The van der Waals surface area contributed by atoms with Crippen molar-refractivity contribution in [2.24, 2.45) is 27.4 Å². The molecule has 1 rings (SSSR count). The van der Waals surface area contributed by atoms with E-state index in [4.69, 9.17) is 10.5 Å². The summed E-state index contributed by atoms with van der Waals surface area (Å²) < 4.78 is 5.91. The van der Waals surface area contributed by atoms with Crippen LogP contribution in [0.2, 0.25) is 0 Å². The number of hydrogen-bond donors (Lipinski definition) is 2. The van der Waals surface area contributed by atoms with Crippen LogP contribution in [0, 0.1) is 21.7 Å². The van der Waals surface area contributed by atoms with Crippen molar-refractivity contribution in [3.63, 3.8) is 0 Å². The van der Waals surface area contributed by atoms with E-state index < -0.39 is 16.6 Å². The minimum Gasteiger partial charge on any atom is -0.383 e. The Balaban J connectivity index is -0.000000379. The topological polar surface area (TPSA) is 81.4 Å². The SMILES string of the molecule is C.C1CCC1.C=C(NC(C)(C)CCOC(C)(N)C(=O)C(C)(C)CC(C)(C)C(C)=O)C(C)(C)CC(C)(C)C.CC.CC.CC. The van der Waals surface area contributed by atoms with Gasteiger partial charge < -0.3 is 10.1 Å². The summed E-state index contributed by atoms with van der Waals surface area (Å²) in [7, 11) is 0. The summed E-state index contributed by atoms with van der Waals surface area (Å²) in [4.78, 5) is 25.1. The van der Waals surface area contributed by atoms with E-state index in [0.717, 1.165) is 12.1 Å². The van der Waals surface area contributed by atoms with Gasteiger partial charge in [-0.15, -0.1) is 0 Å². The highest BCUT2D eigenvalue weighted by Gasteiger charge is 2.44. The van der Waals surface area contributed by atoms with E-state index in [1.165, 1.54) is 25.7 Å². The molecule has 0 spiro atoms. The van der Waals surface area contributed by atoms with Crippen LogP contribution in [0.25, 0.3) is 0 Å². The van der Waals surface area contributed by atoms with Gasteiger partial charge in [-0.05, 0) is 52.4 Å². The van der Waals surface area contributed by atoms with Crippen molar-refractivity contribution < 1.29 is 14.3 Å². The zero-order valence-electron chi connectivity index (χ0n) is 32.2. The number of hydrogen-bond acceptors (Lipinski definition) is 5. The van der Waals surface area contributed by atoms with Crippen molar-refractivity contribution in [2.75, 3.05) is 6.61 Å². The Hall–Kier alpha value is -1.20. The van der Waals surface area contributed by atoms with Crippen molar-refractivity contribution in [3.8, 4) is 0 Å². The molecule has 1 atom stereocenters. The largest absolute Gasteiger partial charge is 0.383 e. The van der Waals surface area contributed by atoms with E-state index in [2.05, 4.69) is 60.4 Å². The summed E-state index contributed by atoms with van der Waals surface area (Å²) in [6.45, 7) is 42.5. The lowest BCUT2D eigenvalue weighted by atomic mass is 9.69. The Labute approximate surface area is 272 Å². The van der Waals surface area contributed by atoms with E-state index in [9.17, 15) is 9.59 Å². The zero-order valence-corrected chi connectivity index (χ0v) is 32.2. The molecule has 0 bridgehead atoms. The molecule has 1 aliphatic rings. The maximum Gasteiger partial charge on any atom is 0.184 e. The Morgan fingerprint density at radius 3 is 1.37 bits per heavy atom.